The van der Waals surface area contributed by atoms with Crippen LogP contribution in [0.3, 0.4) is 0 Å². The van der Waals surface area contributed by atoms with Gasteiger partial charge in [0.15, 0.2) is 5.16 Å². The van der Waals surface area contributed by atoms with Gasteiger partial charge >= 0.3 is 0 Å². The van der Waals surface area contributed by atoms with E-state index in [9.17, 15) is 4.79 Å². The minimum Gasteiger partial charge on any atom is -0.310 e. The summed E-state index contributed by atoms with van der Waals surface area (Å²) in [6.07, 6.45) is 3.87. The van der Waals surface area contributed by atoms with E-state index < -0.39 is 0 Å². The van der Waals surface area contributed by atoms with Gasteiger partial charge in [0.05, 0.1) is 10.3 Å². The lowest BCUT2D eigenvalue weighted by molar-refractivity contribution is -0.115. The van der Waals surface area contributed by atoms with Crippen LogP contribution < -0.4 is 5.32 Å². The van der Waals surface area contributed by atoms with Gasteiger partial charge in [-0.15, -0.1) is 10.2 Å². The van der Waals surface area contributed by atoms with Crippen LogP contribution in [0.1, 0.15) is 38.4 Å². The van der Waals surface area contributed by atoms with Crippen molar-refractivity contribution in [2.45, 2.75) is 49.6 Å². The molecule has 1 fully saturated rings. The Labute approximate surface area is 144 Å². The zero-order valence-corrected chi connectivity index (χ0v) is 14.6. The monoisotopic (exact) mass is 351 g/mol. The van der Waals surface area contributed by atoms with Crippen LogP contribution in [0.5, 0.6) is 0 Å². The number of hydrogen-bond donors (Lipinski definition) is 1. The number of halogens is 1. The van der Waals surface area contributed by atoms with Crippen LogP contribution in [0.2, 0.25) is 5.02 Å². The molecule has 0 radical (unpaired) electrons. The standard InChI is InChI=1S/C15H18ClN5OS/c1-3-21-13(10-4-5-10)19-20-15(21)23-9(2)14(22)18-12-7-6-11(16)8-17-12/h6-10H,3-5H2,1-2H3,(H,17,18,22). The molecule has 1 N–H and O–H groups in total. The highest BCUT2D eigenvalue weighted by atomic mass is 35.5. The predicted molar refractivity (Wildman–Crippen MR) is 90.9 cm³/mol. The number of nitrogens with one attached hydrogen (secondary N) is 1. The van der Waals surface area contributed by atoms with Gasteiger partial charge in [0.25, 0.3) is 0 Å². The lowest BCUT2D eigenvalue weighted by atomic mass is 10.4. The van der Waals surface area contributed by atoms with Crippen molar-refractivity contribution in [2.75, 3.05) is 5.32 Å². The van der Waals surface area contributed by atoms with Crippen molar-refractivity contribution in [3.63, 3.8) is 0 Å². The van der Waals surface area contributed by atoms with Crippen molar-refractivity contribution in [2.24, 2.45) is 0 Å². The number of rotatable bonds is 6. The van der Waals surface area contributed by atoms with Crippen molar-refractivity contribution in [3.05, 3.63) is 29.2 Å². The van der Waals surface area contributed by atoms with Crippen molar-refractivity contribution in [3.8, 4) is 0 Å². The fraction of sp³-hybridized carbons (Fsp3) is 0.467. The molecule has 2 aromatic heterocycles. The van der Waals surface area contributed by atoms with Crippen molar-refractivity contribution in [1.82, 2.24) is 19.7 Å². The Morgan fingerprint density at radius 2 is 2.26 bits per heavy atom. The number of hydrogen-bond acceptors (Lipinski definition) is 5. The molecular formula is C15H18ClN5OS. The molecule has 0 bridgehead atoms. The second kappa shape index (κ2) is 6.88. The van der Waals surface area contributed by atoms with Crippen LogP contribution in [0.25, 0.3) is 0 Å². The Bertz CT molecular complexity index is 698. The van der Waals surface area contributed by atoms with Crippen molar-refractivity contribution < 1.29 is 4.79 Å². The van der Waals surface area contributed by atoms with Gasteiger partial charge in [-0.1, -0.05) is 23.4 Å². The van der Waals surface area contributed by atoms with Gasteiger partial charge in [0, 0.05) is 18.7 Å². The van der Waals surface area contributed by atoms with Gasteiger partial charge in [-0.25, -0.2) is 4.98 Å². The average molecular weight is 352 g/mol. The highest BCUT2D eigenvalue weighted by Gasteiger charge is 2.30. The Kier molecular flexibility index (Phi) is 4.87. The van der Waals surface area contributed by atoms with E-state index in [2.05, 4.69) is 32.0 Å². The number of pyridine rings is 1. The zero-order valence-electron chi connectivity index (χ0n) is 13.0. The van der Waals surface area contributed by atoms with E-state index >= 15 is 0 Å². The summed E-state index contributed by atoms with van der Waals surface area (Å²) in [4.78, 5) is 16.4. The van der Waals surface area contributed by atoms with E-state index in [-0.39, 0.29) is 11.2 Å². The second-order valence-electron chi connectivity index (χ2n) is 5.47. The molecule has 0 aliphatic heterocycles. The fourth-order valence-corrected chi connectivity index (χ4v) is 3.25. The Hall–Kier alpha value is -1.60. The van der Waals surface area contributed by atoms with E-state index in [1.807, 2.05) is 6.92 Å². The summed E-state index contributed by atoms with van der Waals surface area (Å²) in [5.74, 6) is 1.95. The van der Waals surface area contributed by atoms with Crippen molar-refractivity contribution in [1.29, 1.82) is 0 Å². The van der Waals surface area contributed by atoms with Crippen LogP contribution in [-0.4, -0.2) is 30.9 Å². The number of amides is 1. The molecule has 8 heteroatoms. The highest BCUT2D eigenvalue weighted by Crippen LogP contribution is 2.40. The average Bonchev–Trinajstić information content (AvgIpc) is 3.31. The summed E-state index contributed by atoms with van der Waals surface area (Å²) in [5, 5.41) is 12.4. The lowest BCUT2D eigenvalue weighted by Gasteiger charge is -2.12. The normalized spacial score (nSPS) is 15.4. The maximum absolute atomic E-state index is 12.3. The number of carbonyl (C=O) groups is 1. The molecule has 6 nitrogen and oxygen atoms in total. The topological polar surface area (TPSA) is 72.7 Å². The Balaban J connectivity index is 1.65. The molecule has 1 aliphatic carbocycles. The third-order valence-electron chi connectivity index (χ3n) is 3.63. The number of carbonyl (C=O) groups excluding carboxylic acids is 1. The molecule has 1 unspecified atom stereocenters. The van der Waals surface area contributed by atoms with Gasteiger partial charge in [-0.3, -0.25) is 4.79 Å². The summed E-state index contributed by atoms with van der Waals surface area (Å²) in [7, 11) is 0. The van der Waals surface area contributed by atoms with E-state index in [1.54, 1.807) is 12.1 Å². The third kappa shape index (κ3) is 3.84. The molecule has 0 aromatic carbocycles. The number of nitrogens with zero attached hydrogens (tertiary/aromatic N) is 4. The summed E-state index contributed by atoms with van der Waals surface area (Å²) in [5.41, 5.74) is 0. The summed E-state index contributed by atoms with van der Waals surface area (Å²) in [6, 6.07) is 3.37. The smallest absolute Gasteiger partial charge is 0.238 e. The first-order valence-electron chi connectivity index (χ1n) is 7.60. The molecule has 0 spiro atoms. The first kappa shape index (κ1) is 16.3. The number of anilines is 1. The van der Waals surface area contributed by atoms with E-state index in [1.165, 1.54) is 30.8 Å². The van der Waals surface area contributed by atoms with E-state index in [0.717, 1.165) is 17.5 Å². The first-order chi connectivity index (χ1) is 11.1. The van der Waals surface area contributed by atoms with Crippen LogP contribution in [0, 0.1) is 0 Å². The predicted octanol–water partition coefficient (Wildman–Crippen LogP) is 3.34. The minimum atomic E-state index is -0.297. The van der Waals surface area contributed by atoms with Gasteiger partial charge in [0.1, 0.15) is 11.6 Å². The van der Waals surface area contributed by atoms with E-state index in [0.29, 0.717) is 16.8 Å². The molecule has 2 heterocycles. The molecule has 3 rings (SSSR count). The quantitative estimate of drug-likeness (QED) is 0.808. The Morgan fingerprint density at radius 1 is 1.48 bits per heavy atom. The van der Waals surface area contributed by atoms with Gasteiger partial charge in [-0.05, 0) is 38.8 Å². The molecule has 23 heavy (non-hydrogen) atoms. The number of thioether (sulfide) groups is 1. The summed E-state index contributed by atoms with van der Waals surface area (Å²) >= 11 is 7.20. The highest BCUT2D eigenvalue weighted by molar-refractivity contribution is 8.00. The molecular weight excluding hydrogens is 334 g/mol. The van der Waals surface area contributed by atoms with Crippen LogP contribution in [-0.2, 0) is 11.3 Å². The lowest BCUT2D eigenvalue weighted by Crippen LogP contribution is -2.23. The van der Waals surface area contributed by atoms with E-state index in [4.69, 9.17) is 11.6 Å². The molecule has 2 aromatic rings. The summed E-state index contributed by atoms with van der Waals surface area (Å²) < 4.78 is 2.10. The third-order valence-corrected chi connectivity index (χ3v) is 4.94. The molecule has 1 saturated carbocycles. The Morgan fingerprint density at radius 3 is 2.87 bits per heavy atom. The molecule has 1 aliphatic rings. The fourth-order valence-electron chi connectivity index (χ4n) is 2.22. The van der Waals surface area contributed by atoms with Gasteiger partial charge < -0.3 is 9.88 Å². The SMILES string of the molecule is CCn1c(SC(C)C(=O)Nc2ccc(Cl)cn2)nnc1C1CC1. The van der Waals surface area contributed by atoms with Crippen LogP contribution in [0.15, 0.2) is 23.5 Å². The number of aromatic nitrogens is 4. The molecule has 1 amide bonds. The second-order valence-corrected chi connectivity index (χ2v) is 7.21. The first-order valence-corrected chi connectivity index (χ1v) is 8.86. The molecule has 1 atom stereocenters. The largest absolute Gasteiger partial charge is 0.310 e. The molecule has 122 valence electrons. The molecule has 0 saturated heterocycles. The van der Waals surface area contributed by atoms with Crippen molar-refractivity contribution >= 4 is 35.1 Å². The maximum Gasteiger partial charge on any atom is 0.238 e. The minimum absolute atomic E-state index is 0.122. The van der Waals surface area contributed by atoms with Gasteiger partial charge in [0.2, 0.25) is 5.91 Å². The van der Waals surface area contributed by atoms with Crippen LogP contribution >= 0.6 is 23.4 Å². The maximum atomic E-state index is 12.3. The van der Waals surface area contributed by atoms with Crippen LogP contribution in [0.4, 0.5) is 5.82 Å². The van der Waals surface area contributed by atoms with Gasteiger partial charge in [-0.2, -0.15) is 0 Å². The zero-order chi connectivity index (χ0) is 16.4. The summed E-state index contributed by atoms with van der Waals surface area (Å²) in [6.45, 7) is 4.73.